The molecule has 50 valence electrons. The molecule has 0 heterocycles. The topological polar surface area (TPSA) is 0 Å². The molecule has 0 radical (unpaired) electrons. The van der Waals surface area contributed by atoms with E-state index >= 15 is 0 Å². The summed E-state index contributed by atoms with van der Waals surface area (Å²) < 4.78 is -0.653. The molecule has 0 nitrogen and oxygen atoms in total. The Balaban J connectivity index is 2.70. The van der Waals surface area contributed by atoms with Crippen LogP contribution in [0.4, 0.5) is 0 Å². The molecule has 0 aromatic rings. The van der Waals surface area contributed by atoms with Gasteiger partial charge in [-0.1, -0.05) is 40.9 Å². The molecule has 0 aliphatic heterocycles. The summed E-state index contributed by atoms with van der Waals surface area (Å²) in [6.07, 6.45) is 6.49. The first-order chi connectivity index (χ1) is 4.10. The lowest BCUT2D eigenvalue weighted by Gasteiger charge is -2.15. The monoisotopic (exact) mass is 162 g/mol. The first-order valence-electron chi connectivity index (χ1n) is 2.84. The first kappa shape index (κ1) is 7.17. The van der Waals surface area contributed by atoms with Crippen LogP contribution in [0, 0.1) is 0 Å². The average molecular weight is 163 g/mol. The van der Waals surface area contributed by atoms with Crippen molar-refractivity contribution in [3.05, 3.63) is 23.8 Å². The number of hydrogen-bond acceptors (Lipinski definition) is 0. The van der Waals surface area contributed by atoms with Crippen molar-refractivity contribution in [3.8, 4) is 0 Å². The van der Waals surface area contributed by atoms with Gasteiger partial charge in [-0.2, -0.15) is 0 Å². The lowest BCUT2D eigenvalue weighted by molar-refractivity contribution is 0.947. The highest BCUT2D eigenvalue weighted by Gasteiger charge is 2.19. The quantitative estimate of drug-likeness (QED) is 0.481. The van der Waals surface area contributed by atoms with E-state index in [1.54, 1.807) is 0 Å². The largest absolute Gasteiger partial charge is 0.140 e. The van der Waals surface area contributed by atoms with E-state index in [-0.39, 0.29) is 0 Å². The zero-order valence-electron chi connectivity index (χ0n) is 5.20. The highest BCUT2D eigenvalue weighted by atomic mass is 35.5. The number of rotatable bonds is 0. The molecule has 0 spiro atoms. The molecule has 0 atom stereocenters. The Hall–Kier alpha value is 0.0600. The van der Waals surface area contributed by atoms with E-state index in [4.69, 9.17) is 23.2 Å². The van der Waals surface area contributed by atoms with Gasteiger partial charge in [-0.05, 0) is 13.0 Å². The van der Waals surface area contributed by atoms with Crippen molar-refractivity contribution in [3.63, 3.8) is 0 Å². The van der Waals surface area contributed by atoms with Crippen LogP contribution in [0.2, 0.25) is 0 Å². The maximum Gasteiger partial charge on any atom is 0.140 e. The van der Waals surface area contributed by atoms with Crippen LogP contribution in [-0.4, -0.2) is 4.33 Å². The van der Waals surface area contributed by atoms with Crippen LogP contribution in [-0.2, 0) is 0 Å². The molecule has 1 rings (SSSR count). The predicted octanol–water partition coefficient (Wildman–Crippen LogP) is 3.07. The molecule has 0 aromatic heterocycles. The maximum atomic E-state index is 5.77. The second-order valence-corrected chi connectivity index (χ2v) is 3.79. The molecule has 0 aromatic carbocycles. The highest BCUT2D eigenvalue weighted by molar-refractivity contribution is 6.50. The van der Waals surface area contributed by atoms with Crippen LogP contribution < -0.4 is 0 Å². The van der Waals surface area contributed by atoms with Crippen LogP contribution in [0.15, 0.2) is 23.8 Å². The summed E-state index contributed by atoms with van der Waals surface area (Å²) in [5, 5.41) is 0. The molecule has 0 fully saturated rings. The van der Waals surface area contributed by atoms with E-state index in [0.717, 1.165) is 6.42 Å². The van der Waals surface area contributed by atoms with E-state index in [0.29, 0.717) is 0 Å². The minimum atomic E-state index is -0.653. The van der Waals surface area contributed by atoms with Gasteiger partial charge in [0.15, 0.2) is 0 Å². The Bertz CT molecular complexity index is 166. The molecule has 9 heavy (non-hydrogen) atoms. The minimum absolute atomic E-state index is 0.653. The zero-order chi connectivity index (χ0) is 6.91. The van der Waals surface area contributed by atoms with Crippen molar-refractivity contribution >= 4 is 23.2 Å². The Kier molecular flexibility index (Phi) is 1.88. The van der Waals surface area contributed by atoms with E-state index in [9.17, 15) is 0 Å². The van der Waals surface area contributed by atoms with Gasteiger partial charge in [-0.25, -0.2) is 0 Å². The molecule has 0 saturated heterocycles. The molecule has 2 heteroatoms. The van der Waals surface area contributed by atoms with Crippen LogP contribution in [0.3, 0.4) is 0 Å². The van der Waals surface area contributed by atoms with E-state index < -0.39 is 4.33 Å². The van der Waals surface area contributed by atoms with Gasteiger partial charge in [0.1, 0.15) is 4.33 Å². The van der Waals surface area contributed by atoms with Gasteiger partial charge in [-0.3, -0.25) is 0 Å². The molecule has 0 amide bonds. The van der Waals surface area contributed by atoms with Crippen molar-refractivity contribution in [1.82, 2.24) is 0 Å². The van der Waals surface area contributed by atoms with Gasteiger partial charge in [0.2, 0.25) is 0 Å². The third kappa shape index (κ3) is 2.04. The third-order valence-electron chi connectivity index (χ3n) is 1.29. The predicted molar refractivity (Wildman–Crippen MR) is 42.0 cm³/mol. The van der Waals surface area contributed by atoms with Gasteiger partial charge in [0.25, 0.3) is 0 Å². The summed E-state index contributed by atoms with van der Waals surface area (Å²) in [5.74, 6) is 0. The average Bonchev–Trinajstić information content (AvgIpc) is 1.78. The van der Waals surface area contributed by atoms with Crippen LogP contribution in [0.1, 0.15) is 13.3 Å². The summed E-state index contributed by atoms with van der Waals surface area (Å²) in [4.78, 5) is 0. The summed E-state index contributed by atoms with van der Waals surface area (Å²) >= 11 is 11.5. The lowest BCUT2D eigenvalue weighted by Crippen LogP contribution is -2.09. The zero-order valence-corrected chi connectivity index (χ0v) is 6.71. The Morgan fingerprint density at radius 1 is 1.56 bits per heavy atom. The Morgan fingerprint density at radius 3 is 2.56 bits per heavy atom. The Labute approximate surface area is 65.2 Å². The van der Waals surface area contributed by atoms with Gasteiger partial charge in [0, 0.05) is 6.42 Å². The van der Waals surface area contributed by atoms with Gasteiger partial charge < -0.3 is 0 Å². The SMILES string of the molecule is CC1=CCC(Cl)(Cl)C=C1. The molecule has 0 saturated carbocycles. The van der Waals surface area contributed by atoms with Crippen LogP contribution >= 0.6 is 23.2 Å². The molecule has 0 N–H and O–H groups in total. The number of hydrogen-bond donors (Lipinski definition) is 0. The molecule has 0 unspecified atom stereocenters. The summed E-state index contributed by atoms with van der Waals surface area (Å²) in [6, 6.07) is 0. The number of halogens is 2. The minimum Gasteiger partial charge on any atom is -0.0966 e. The van der Waals surface area contributed by atoms with Crippen molar-refractivity contribution < 1.29 is 0 Å². The van der Waals surface area contributed by atoms with Gasteiger partial charge >= 0.3 is 0 Å². The van der Waals surface area contributed by atoms with Crippen molar-refractivity contribution in [2.45, 2.75) is 17.7 Å². The van der Waals surface area contributed by atoms with E-state index in [1.807, 2.05) is 25.2 Å². The molecule has 0 bridgehead atoms. The fourth-order valence-electron chi connectivity index (χ4n) is 0.687. The summed E-state index contributed by atoms with van der Waals surface area (Å²) in [7, 11) is 0. The first-order valence-corrected chi connectivity index (χ1v) is 3.60. The second-order valence-electron chi connectivity index (χ2n) is 2.25. The molecule has 1 aliphatic rings. The smallest absolute Gasteiger partial charge is 0.0966 e. The normalized spacial score (nSPS) is 23.7. The van der Waals surface area contributed by atoms with Crippen molar-refractivity contribution in [1.29, 1.82) is 0 Å². The fourth-order valence-corrected chi connectivity index (χ4v) is 0.967. The number of allylic oxidation sites excluding steroid dienone is 4. The molecular formula is C7H8Cl2. The highest BCUT2D eigenvalue weighted by Crippen LogP contribution is 2.31. The number of alkyl halides is 2. The van der Waals surface area contributed by atoms with Gasteiger partial charge in [0.05, 0.1) is 0 Å². The van der Waals surface area contributed by atoms with Crippen LogP contribution in [0.5, 0.6) is 0 Å². The van der Waals surface area contributed by atoms with Crippen molar-refractivity contribution in [2.75, 3.05) is 0 Å². The van der Waals surface area contributed by atoms with Gasteiger partial charge in [-0.15, -0.1) is 0 Å². The summed E-state index contributed by atoms with van der Waals surface area (Å²) in [6.45, 7) is 2.03. The van der Waals surface area contributed by atoms with E-state index in [1.165, 1.54) is 5.57 Å². The molecular weight excluding hydrogens is 155 g/mol. The van der Waals surface area contributed by atoms with Crippen molar-refractivity contribution in [2.24, 2.45) is 0 Å². The molecule has 1 aliphatic carbocycles. The summed E-state index contributed by atoms with van der Waals surface area (Å²) in [5.41, 5.74) is 1.23. The fraction of sp³-hybridized carbons (Fsp3) is 0.429. The van der Waals surface area contributed by atoms with E-state index in [2.05, 4.69) is 0 Å². The third-order valence-corrected chi connectivity index (χ3v) is 1.85. The second kappa shape index (κ2) is 2.36. The maximum absolute atomic E-state index is 5.77. The Morgan fingerprint density at radius 2 is 2.22 bits per heavy atom. The lowest BCUT2D eigenvalue weighted by atomic mass is 10.1. The van der Waals surface area contributed by atoms with Crippen LogP contribution in [0.25, 0.3) is 0 Å². The standard InChI is InChI=1S/C7H8Cl2/c1-6-2-4-7(8,9)5-3-6/h2-4H,5H2,1H3.